The molecule has 21 heavy (non-hydrogen) atoms. The highest BCUT2D eigenvalue weighted by atomic mass is 19.1. The zero-order valence-electron chi connectivity index (χ0n) is 12.1. The minimum absolute atomic E-state index is 0.0793. The molecule has 2 unspecified atom stereocenters. The van der Waals surface area contributed by atoms with Crippen molar-refractivity contribution < 1.29 is 19.1 Å². The first kappa shape index (κ1) is 15.7. The highest BCUT2D eigenvalue weighted by molar-refractivity contribution is 5.97. The molecule has 0 saturated heterocycles. The summed E-state index contributed by atoms with van der Waals surface area (Å²) in [6, 6.07) is 4.77. The molecule has 5 nitrogen and oxygen atoms in total. The maximum Gasteiger partial charge on any atom is 0.173 e. The van der Waals surface area contributed by atoms with Crippen molar-refractivity contribution in [2.75, 3.05) is 7.11 Å². The van der Waals surface area contributed by atoms with Crippen LogP contribution in [0.1, 0.15) is 36.8 Å². The second-order valence-electron chi connectivity index (χ2n) is 5.22. The fourth-order valence-electron chi connectivity index (χ4n) is 2.62. The molecule has 1 aromatic carbocycles. The van der Waals surface area contributed by atoms with Gasteiger partial charge in [-0.3, -0.25) is 0 Å². The molecule has 2 rings (SSSR count). The van der Waals surface area contributed by atoms with E-state index in [2.05, 4.69) is 5.16 Å². The van der Waals surface area contributed by atoms with Gasteiger partial charge in [0.1, 0.15) is 5.82 Å². The van der Waals surface area contributed by atoms with Crippen LogP contribution in [0.4, 0.5) is 4.39 Å². The Morgan fingerprint density at radius 3 is 2.90 bits per heavy atom. The van der Waals surface area contributed by atoms with Gasteiger partial charge in [-0.15, -0.1) is 0 Å². The first-order valence-corrected chi connectivity index (χ1v) is 7.05. The minimum atomic E-state index is -0.507. The Morgan fingerprint density at radius 2 is 2.19 bits per heavy atom. The lowest BCUT2D eigenvalue weighted by atomic mass is 9.95. The predicted molar refractivity (Wildman–Crippen MR) is 76.8 cm³/mol. The summed E-state index contributed by atoms with van der Waals surface area (Å²) in [5.41, 5.74) is 5.92. The third kappa shape index (κ3) is 3.92. The molecule has 3 N–H and O–H groups in total. The number of benzene rings is 1. The fraction of sp³-hybridized carbons (Fsp3) is 0.533. The third-order valence-electron chi connectivity index (χ3n) is 3.85. The predicted octanol–water partition coefficient (Wildman–Crippen LogP) is 2.39. The monoisotopic (exact) mass is 296 g/mol. The number of hydrogen-bond acceptors (Lipinski definition) is 4. The van der Waals surface area contributed by atoms with Gasteiger partial charge < -0.3 is 20.4 Å². The van der Waals surface area contributed by atoms with Crippen molar-refractivity contribution in [2.45, 2.75) is 44.5 Å². The van der Waals surface area contributed by atoms with Crippen molar-refractivity contribution in [3.63, 3.8) is 0 Å². The Labute approximate surface area is 123 Å². The quantitative estimate of drug-likeness (QED) is 0.378. The molecule has 0 radical (unpaired) electrons. The van der Waals surface area contributed by atoms with Gasteiger partial charge in [0.05, 0.1) is 24.4 Å². The molecule has 0 aliphatic heterocycles. The number of methoxy groups -OCH3 is 1. The van der Waals surface area contributed by atoms with Gasteiger partial charge in [0.25, 0.3) is 0 Å². The molecule has 0 bridgehead atoms. The number of oxime groups is 1. The van der Waals surface area contributed by atoms with Crippen molar-refractivity contribution in [2.24, 2.45) is 10.9 Å². The lowest BCUT2D eigenvalue weighted by Gasteiger charge is -2.28. The van der Waals surface area contributed by atoms with Crippen LogP contribution in [-0.4, -0.2) is 30.4 Å². The number of amidine groups is 1. The van der Waals surface area contributed by atoms with E-state index in [1.165, 1.54) is 6.07 Å². The van der Waals surface area contributed by atoms with Crippen molar-refractivity contribution >= 4 is 5.84 Å². The lowest BCUT2D eigenvalue weighted by Crippen LogP contribution is -2.27. The molecule has 0 spiro atoms. The smallest absolute Gasteiger partial charge is 0.173 e. The number of nitrogens with two attached hydrogens (primary N) is 1. The van der Waals surface area contributed by atoms with Gasteiger partial charge in [-0.05, 0) is 31.7 Å². The van der Waals surface area contributed by atoms with Gasteiger partial charge in [-0.25, -0.2) is 4.39 Å². The van der Waals surface area contributed by atoms with E-state index >= 15 is 0 Å². The normalized spacial score (nSPS) is 23.2. The van der Waals surface area contributed by atoms with E-state index in [9.17, 15) is 4.39 Å². The molecule has 1 aliphatic rings. The summed E-state index contributed by atoms with van der Waals surface area (Å²) < 4.78 is 25.4. The van der Waals surface area contributed by atoms with E-state index in [0.717, 1.165) is 25.7 Å². The second kappa shape index (κ2) is 7.38. The molecule has 6 heteroatoms. The van der Waals surface area contributed by atoms with Gasteiger partial charge in [0.15, 0.2) is 5.84 Å². The molecule has 116 valence electrons. The van der Waals surface area contributed by atoms with Gasteiger partial charge in [-0.1, -0.05) is 17.3 Å². The summed E-state index contributed by atoms with van der Waals surface area (Å²) in [5.74, 6) is -0.752. The summed E-state index contributed by atoms with van der Waals surface area (Å²) in [6.45, 7) is 0.166. The molecular weight excluding hydrogens is 275 g/mol. The standard InChI is InChI=1S/C15H21FN2O3/c1-20-11-5-3-6-12(8-11)21-9-10-4-2-7-13(14(10)16)15(17)18-19/h2,4,7,11-12,19H,3,5-6,8-9H2,1H3,(H2,17,18). The van der Waals surface area contributed by atoms with E-state index in [1.54, 1.807) is 19.2 Å². The van der Waals surface area contributed by atoms with Crippen LogP contribution in [-0.2, 0) is 16.1 Å². The lowest BCUT2D eigenvalue weighted by molar-refractivity contribution is -0.0369. The minimum Gasteiger partial charge on any atom is -0.409 e. The molecule has 0 amide bonds. The summed E-state index contributed by atoms with van der Waals surface area (Å²) in [4.78, 5) is 0. The van der Waals surface area contributed by atoms with Crippen LogP contribution in [0.15, 0.2) is 23.4 Å². The van der Waals surface area contributed by atoms with Gasteiger partial charge in [0, 0.05) is 12.7 Å². The van der Waals surface area contributed by atoms with E-state index in [4.69, 9.17) is 20.4 Å². The largest absolute Gasteiger partial charge is 0.409 e. The molecule has 2 atom stereocenters. The summed E-state index contributed by atoms with van der Waals surface area (Å²) in [7, 11) is 1.70. The maximum atomic E-state index is 14.2. The average Bonchev–Trinajstić information content (AvgIpc) is 2.53. The maximum absolute atomic E-state index is 14.2. The Bertz CT molecular complexity index is 508. The number of ether oxygens (including phenoxy) is 2. The van der Waals surface area contributed by atoms with Crippen molar-refractivity contribution in [1.29, 1.82) is 0 Å². The molecule has 1 fully saturated rings. The Morgan fingerprint density at radius 1 is 1.43 bits per heavy atom. The van der Waals surface area contributed by atoms with Crippen LogP contribution >= 0.6 is 0 Å². The fourth-order valence-corrected chi connectivity index (χ4v) is 2.62. The van der Waals surface area contributed by atoms with E-state index < -0.39 is 5.82 Å². The first-order chi connectivity index (χ1) is 10.2. The number of halogens is 1. The average molecular weight is 296 g/mol. The SMILES string of the molecule is COC1CCCC(OCc2cccc(/C(N)=N/O)c2F)C1. The van der Waals surface area contributed by atoms with E-state index in [-0.39, 0.29) is 30.2 Å². The first-order valence-electron chi connectivity index (χ1n) is 7.05. The van der Waals surface area contributed by atoms with E-state index in [1.807, 2.05) is 0 Å². The van der Waals surface area contributed by atoms with Crippen molar-refractivity contribution in [1.82, 2.24) is 0 Å². The Kier molecular flexibility index (Phi) is 5.52. The second-order valence-corrected chi connectivity index (χ2v) is 5.22. The van der Waals surface area contributed by atoms with Gasteiger partial charge >= 0.3 is 0 Å². The summed E-state index contributed by atoms with van der Waals surface area (Å²) in [5, 5.41) is 11.5. The summed E-state index contributed by atoms with van der Waals surface area (Å²) in [6.07, 6.45) is 4.19. The van der Waals surface area contributed by atoms with Gasteiger partial charge in [0.2, 0.25) is 0 Å². The van der Waals surface area contributed by atoms with E-state index in [0.29, 0.717) is 5.56 Å². The van der Waals surface area contributed by atoms with Crippen LogP contribution in [0.25, 0.3) is 0 Å². The van der Waals surface area contributed by atoms with Crippen molar-refractivity contribution in [3.05, 3.63) is 35.1 Å². The molecule has 1 aliphatic carbocycles. The van der Waals surface area contributed by atoms with Crippen LogP contribution in [0.3, 0.4) is 0 Å². The topological polar surface area (TPSA) is 77.1 Å². The Balaban J connectivity index is 2.00. The Hall–Kier alpha value is -1.66. The molecule has 0 heterocycles. The molecule has 1 saturated carbocycles. The highest BCUT2D eigenvalue weighted by Crippen LogP contribution is 2.24. The number of hydrogen-bond donors (Lipinski definition) is 2. The molecule has 0 aromatic heterocycles. The van der Waals surface area contributed by atoms with Crippen LogP contribution in [0.2, 0.25) is 0 Å². The summed E-state index contributed by atoms with van der Waals surface area (Å²) >= 11 is 0. The van der Waals surface area contributed by atoms with Crippen LogP contribution in [0.5, 0.6) is 0 Å². The van der Waals surface area contributed by atoms with Crippen LogP contribution in [0, 0.1) is 5.82 Å². The number of nitrogens with zero attached hydrogens (tertiary/aromatic N) is 1. The third-order valence-corrected chi connectivity index (χ3v) is 3.85. The van der Waals surface area contributed by atoms with Crippen LogP contribution < -0.4 is 5.73 Å². The van der Waals surface area contributed by atoms with Crippen molar-refractivity contribution in [3.8, 4) is 0 Å². The number of rotatable bonds is 5. The highest BCUT2D eigenvalue weighted by Gasteiger charge is 2.22. The van der Waals surface area contributed by atoms with Gasteiger partial charge in [-0.2, -0.15) is 0 Å². The molecular formula is C15H21FN2O3. The molecule has 1 aromatic rings. The zero-order chi connectivity index (χ0) is 15.2. The zero-order valence-corrected chi connectivity index (χ0v) is 12.1.